The first-order valence-electron chi connectivity index (χ1n) is 6.20. The number of aryl methyl sites for hydroxylation is 2. The van der Waals surface area contributed by atoms with Crippen LogP contribution in [-0.2, 0) is 0 Å². The molecule has 0 bridgehead atoms. The number of halogens is 1. The van der Waals surface area contributed by atoms with Gasteiger partial charge >= 0.3 is 0 Å². The summed E-state index contributed by atoms with van der Waals surface area (Å²) in [7, 11) is 1.72. The quantitative estimate of drug-likeness (QED) is 0.694. The predicted octanol–water partition coefficient (Wildman–Crippen LogP) is 4.68. The van der Waals surface area contributed by atoms with E-state index in [1.54, 1.807) is 7.11 Å². The van der Waals surface area contributed by atoms with Gasteiger partial charge in [-0.05, 0) is 54.9 Å². The first kappa shape index (κ1) is 14.4. The molecule has 0 fully saturated rings. The average molecular weight is 255 g/mol. The topological polar surface area (TPSA) is 9.23 Å². The molecule has 0 aliphatic rings. The van der Waals surface area contributed by atoms with Crippen LogP contribution >= 0.6 is 11.6 Å². The Bertz CT molecular complexity index is 371. The van der Waals surface area contributed by atoms with E-state index in [0.29, 0.717) is 17.7 Å². The minimum atomic E-state index is 0.446. The highest BCUT2D eigenvalue weighted by atomic mass is 35.5. The molecule has 1 unspecified atom stereocenters. The van der Waals surface area contributed by atoms with Crippen molar-refractivity contribution in [2.24, 2.45) is 5.92 Å². The normalized spacial score (nSPS) is 12.9. The van der Waals surface area contributed by atoms with Gasteiger partial charge in [0.2, 0.25) is 0 Å². The van der Waals surface area contributed by atoms with Gasteiger partial charge in [-0.3, -0.25) is 0 Å². The lowest BCUT2D eigenvalue weighted by Gasteiger charge is -2.20. The molecular formula is C15H23ClO. The van der Waals surface area contributed by atoms with E-state index in [0.717, 1.165) is 12.2 Å². The van der Waals surface area contributed by atoms with Crippen molar-refractivity contribution in [3.8, 4) is 5.75 Å². The van der Waals surface area contributed by atoms with E-state index in [1.807, 2.05) is 0 Å². The second kappa shape index (κ2) is 6.30. The summed E-state index contributed by atoms with van der Waals surface area (Å²) in [5, 5.41) is 0. The number of alkyl halides is 1. The molecular weight excluding hydrogens is 232 g/mol. The zero-order chi connectivity index (χ0) is 13.0. The monoisotopic (exact) mass is 254 g/mol. The number of benzene rings is 1. The van der Waals surface area contributed by atoms with Crippen LogP contribution in [0, 0.1) is 19.8 Å². The molecule has 0 saturated heterocycles. The summed E-state index contributed by atoms with van der Waals surface area (Å²) in [5.41, 5.74) is 3.83. The summed E-state index contributed by atoms with van der Waals surface area (Å²) in [6.07, 6.45) is 1.14. The third-order valence-electron chi connectivity index (χ3n) is 3.17. The summed E-state index contributed by atoms with van der Waals surface area (Å²) >= 11 is 6.11. The molecule has 0 aliphatic heterocycles. The molecule has 1 rings (SSSR count). The number of hydrogen-bond donors (Lipinski definition) is 0. The van der Waals surface area contributed by atoms with Crippen molar-refractivity contribution in [2.45, 2.75) is 40.0 Å². The molecule has 1 atom stereocenters. The molecule has 0 aromatic heterocycles. The summed E-state index contributed by atoms with van der Waals surface area (Å²) in [6, 6.07) is 4.34. The van der Waals surface area contributed by atoms with Gasteiger partial charge in [-0.25, -0.2) is 0 Å². The Labute approximate surface area is 110 Å². The molecule has 0 N–H and O–H groups in total. The fraction of sp³-hybridized carbons (Fsp3) is 0.600. The van der Waals surface area contributed by atoms with E-state index < -0.39 is 0 Å². The van der Waals surface area contributed by atoms with Gasteiger partial charge < -0.3 is 4.74 Å². The Hall–Kier alpha value is -0.690. The van der Waals surface area contributed by atoms with Crippen LogP contribution in [0.3, 0.4) is 0 Å². The zero-order valence-electron chi connectivity index (χ0n) is 11.5. The largest absolute Gasteiger partial charge is 0.496 e. The number of methoxy groups -OCH3 is 1. The Balaban J connectivity index is 3.07. The number of ether oxygens (including phenoxy) is 1. The lowest BCUT2D eigenvalue weighted by Crippen LogP contribution is -2.07. The molecule has 17 heavy (non-hydrogen) atoms. The minimum Gasteiger partial charge on any atom is -0.496 e. The summed E-state index contributed by atoms with van der Waals surface area (Å²) < 4.78 is 5.34. The molecule has 0 saturated carbocycles. The predicted molar refractivity (Wildman–Crippen MR) is 75.4 cm³/mol. The molecule has 1 aromatic carbocycles. The van der Waals surface area contributed by atoms with Crippen molar-refractivity contribution in [1.82, 2.24) is 0 Å². The fourth-order valence-corrected chi connectivity index (χ4v) is 2.61. The van der Waals surface area contributed by atoms with Crippen molar-refractivity contribution in [1.29, 1.82) is 0 Å². The van der Waals surface area contributed by atoms with Crippen LogP contribution in [0.2, 0.25) is 0 Å². The SMILES string of the molecule is COc1cc(C)c(C(CCl)CC(C)C)cc1C. The molecule has 0 heterocycles. The van der Waals surface area contributed by atoms with Gasteiger partial charge in [-0.15, -0.1) is 11.6 Å². The Morgan fingerprint density at radius 3 is 2.29 bits per heavy atom. The van der Waals surface area contributed by atoms with Crippen molar-refractivity contribution in [3.63, 3.8) is 0 Å². The Kier molecular flexibility index (Phi) is 5.32. The zero-order valence-corrected chi connectivity index (χ0v) is 12.3. The van der Waals surface area contributed by atoms with Gasteiger partial charge in [0.05, 0.1) is 7.11 Å². The van der Waals surface area contributed by atoms with Crippen molar-refractivity contribution >= 4 is 11.6 Å². The highest BCUT2D eigenvalue weighted by Crippen LogP contribution is 2.31. The van der Waals surface area contributed by atoms with E-state index in [1.165, 1.54) is 16.7 Å². The van der Waals surface area contributed by atoms with Crippen LogP contribution in [-0.4, -0.2) is 13.0 Å². The van der Waals surface area contributed by atoms with Crippen molar-refractivity contribution < 1.29 is 4.74 Å². The molecule has 1 nitrogen and oxygen atoms in total. The Morgan fingerprint density at radius 1 is 1.18 bits per heavy atom. The highest BCUT2D eigenvalue weighted by molar-refractivity contribution is 6.18. The number of hydrogen-bond acceptors (Lipinski definition) is 1. The molecule has 0 aliphatic carbocycles. The van der Waals surface area contributed by atoms with Crippen molar-refractivity contribution in [2.75, 3.05) is 13.0 Å². The summed E-state index contributed by atoms with van der Waals surface area (Å²) in [6.45, 7) is 8.70. The van der Waals surface area contributed by atoms with Gasteiger partial charge in [-0.2, -0.15) is 0 Å². The van der Waals surface area contributed by atoms with Crippen LogP contribution in [0.15, 0.2) is 12.1 Å². The van der Waals surface area contributed by atoms with E-state index in [-0.39, 0.29) is 0 Å². The molecule has 1 aromatic rings. The van der Waals surface area contributed by atoms with Gasteiger partial charge in [0, 0.05) is 5.88 Å². The highest BCUT2D eigenvalue weighted by Gasteiger charge is 2.16. The van der Waals surface area contributed by atoms with Gasteiger partial charge in [0.25, 0.3) is 0 Å². The van der Waals surface area contributed by atoms with Crippen LogP contribution in [0.1, 0.15) is 42.9 Å². The average Bonchev–Trinajstić information content (AvgIpc) is 2.28. The van der Waals surface area contributed by atoms with Crippen LogP contribution in [0.25, 0.3) is 0 Å². The third-order valence-corrected chi connectivity index (χ3v) is 3.54. The van der Waals surface area contributed by atoms with Crippen LogP contribution < -0.4 is 4.74 Å². The van der Waals surface area contributed by atoms with E-state index >= 15 is 0 Å². The second-order valence-electron chi connectivity index (χ2n) is 5.16. The Morgan fingerprint density at radius 2 is 1.82 bits per heavy atom. The second-order valence-corrected chi connectivity index (χ2v) is 5.47. The van der Waals surface area contributed by atoms with Crippen molar-refractivity contribution in [3.05, 3.63) is 28.8 Å². The molecule has 0 amide bonds. The minimum absolute atomic E-state index is 0.446. The molecule has 2 heteroatoms. The molecule has 0 radical (unpaired) electrons. The maximum absolute atomic E-state index is 6.11. The van der Waals surface area contributed by atoms with Crippen LogP contribution in [0.5, 0.6) is 5.75 Å². The third kappa shape index (κ3) is 3.64. The summed E-state index contributed by atoms with van der Waals surface area (Å²) in [4.78, 5) is 0. The number of rotatable bonds is 5. The smallest absolute Gasteiger partial charge is 0.122 e. The molecule has 0 spiro atoms. The standard InChI is InChI=1S/C15H23ClO/c1-10(2)6-13(9-16)14-7-12(4)15(17-5)8-11(14)3/h7-8,10,13H,6,9H2,1-5H3. The van der Waals surface area contributed by atoms with Gasteiger partial charge in [0.15, 0.2) is 0 Å². The maximum atomic E-state index is 6.11. The van der Waals surface area contributed by atoms with E-state index in [9.17, 15) is 0 Å². The van der Waals surface area contributed by atoms with E-state index in [4.69, 9.17) is 16.3 Å². The van der Waals surface area contributed by atoms with Crippen LogP contribution in [0.4, 0.5) is 0 Å². The first-order chi connectivity index (χ1) is 7.99. The van der Waals surface area contributed by atoms with E-state index in [2.05, 4.69) is 39.8 Å². The van der Waals surface area contributed by atoms with Gasteiger partial charge in [0.1, 0.15) is 5.75 Å². The molecule has 96 valence electrons. The van der Waals surface area contributed by atoms with Gasteiger partial charge in [-0.1, -0.05) is 19.9 Å². The lowest BCUT2D eigenvalue weighted by atomic mass is 9.88. The maximum Gasteiger partial charge on any atom is 0.122 e. The fourth-order valence-electron chi connectivity index (χ4n) is 2.31. The first-order valence-corrected chi connectivity index (χ1v) is 6.74. The summed E-state index contributed by atoms with van der Waals surface area (Å²) in [5.74, 6) is 2.76. The lowest BCUT2D eigenvalue weighted by molar-refractivity contribution is 0.410.